The zero-order chi connectivity index (χ0) is 38.1. The first-order valence-corrected chi connectivity index (χ1v) is 21.4. The van der Waals surface area contributed by atoms with Crippen molar-refractivity contribution in [3.63, 3.8) is 0 Å². The second kappa shape index (κ2) is 14.7. The van der Waals surface area contributed by atoms with Gasteiger partial charge in [-0.25, -0.2) is 0 Å². The molecule has 0 amide bonds. The summed E-state index contributed by atoms with van der Waals surface area (Å²) >= 11 is 0. The number of methoxy groups -OCH3 is 1. The highest BCUT2D eigenvalue weighted by molar-refractivity contribution is 5.90. The minimum absolute atomic E-state index is 0.0241. The smallest absolute Gasteiger partial charge is 0.303 e. The number of hydrogen-bond acceptors (Lipinski definition) is 10. The zero-order valence-electron chi connectivity index (χ0n) is 34.5. The van der Waals surface area contributed by atoms with Crippen LogP contribution in [0.1, 0.15) is 113 Å². The number of morpholine rings is 1. The summed E-state index contributed by atoms with van der Waals surface area (Å²) in [5.74, 6) is 1.78. The topological polar surface area (TPSA) is 107 Å². The quantitative estimate of drug-likeness (QED) is 0.279. The normalized spacial score (nSPS) is 44.2. The van der Waals surface area contributed by atoms with Crippen LogP contribution in [-0.2, 0) is 33.3 Å². The number of hydrogen-bond donors (Lipinski definition) is 1. The average molecular weight is 745 g/mol. The number of ketones is 1. The molecule has 0 radical (unpaired) electrons. The first-order valence-electron chi connectivity index (χ1n) is 21.4. The minimum Gasteiger partial charge on any atom is -0.457 e. The van der Waals surface area contributed by atoms with Crippen molar-refractivity contribution in [3.05, 3.63) is 0 Å². The van der Waals surface area contributed by atoms with E-state index in [-0.39, 0.29) is 46.3 Å². The van der Waals surface area contributed by atoms with Crippen LogP contribution in [0.25, 0.3) is 0 Å². The fourth-order valence-electron chi connectivity index (χ4n) is 14.0. The molecule has 10 nitrogen and oxygen atoms in total. The number of carbonyl (C=O) groups excluding carboxylic acids is 2. The molecule has 8 aliphatic rings. The van der Waals surface area contributed by atoms with Crippen LogP contribution in [0.4, 0.5) is 0 Å². The lowest BCUT2D eigenvalue weighted by Crippen LogP contribution is -2.57. The molecule has 0 aromatic rings. The fraction of sp³-hybridized carbons (Fsp3) is 0.953. The number of carbonyl (C=O) groups is 2. The van der Waals surface area contributed by atoms with E-state index in [1.165, 1.54) is 26.2 Å². The van der Waals surface area contributed by atoms with Crippen molar-refractivity contribution in [2.75, 3.05) is 59.6 Å². The van der Waals surface area contributed by atoms with E-state index in [9.17, 15) is 14.7 Å². The maximum atomic E-state index is 14.6. The summed E-state index contributed by atoms with van der Waals surface area (Å²) in [5.41, 5.74) is -0.729. The Morgan fingerprint density at radius 2 is 1.72 bits per heavy atom. The Balaban J connectivity index is 0.00000214. The summed E-state index contributed by atoms with van der Waals surface area (Å²) in [6.45, 7) is 23.9. The van der Waals surface area contributed by atoms with E-state index in [4.69, 9.17) is 23.7 Å². The number of likely N-dealkylation sites (tertiary alicyclic amines) is 1. The number of fused-ring (bicyclic) bond motifs is 4. The fourth-order valence-corrected chi connectivity index (χ4v) is 14.0. The van der Waals surface area contributed by atoms with E-state index in [0.717, 1.165) is 90.5 Å². The van der Waals surface area contributed by atoms with Crippen LogP contribution in [0.2, 0.25) is 0 Å². The molecular weight excluding hydrogens is 672 g/mol. The lowest BCUT2D eigenvalue weighted by atomic mass is 9.46. The molecule has 8 fully saturated rings. The van der Waals surface area contributed by atoms with Gasteiger partial charge in [0.15, 0.2) is 18.2 Å². The third-order valence-electron chi connectivity index (χ3n) is 16.2. The van der Waals surface area contributed by atoms with Gasteiger partial charge in [-0.05, 0) is 117 Å². The minimum atomic E-state index is -1.26. The Kier molecular flexibility index (Phi) is 11.1. The Hall–Kier alpha value is -1.14. The maximum absolute atomic E-state index is 14.6. The molecule has 5 saturated carbocycles. The summed E-state index contributed by atoms with van der Waals surface area (Å²) < 4.78 is 30.8. The summed E-state index contributed by atoms with van der Waals surface area (Å²) in [7, 11) is 1.78. The highest BCUT2D eigenvalue weighted by Gasteiger charge is 2.82. The largest absolute Gasteiger partial charge is 0.457 e. The van der Waals surface area contributed by atoms with Gasteiger partial charge in [0.25, 0.3) is 0 Å². The number of aliphatic hydroxyl groups is 1. The van der Waals surface area contributed by atoms with E-state index < -0.39 is 29.9 Å². The Morgan fingerprint density at radius 1 is 0.981 bits per heavy atom. The molecule has 3 aliphatic heterocycles. The van der Waals surface area contributed by atoms with Gasteiger partial charge in [-0.2, -0.15) is 0 Å². The van der Waals surface area contributed by atoms with Crippen LogP contribution in [-0.4, -0.2) is 123 Å². The third-order valence-corrected chi connectivity index (χ3v) is 16.2. The lowest BCUT2D eigenvalue weighted by molar-refractivity contribution is -0.246. The van der Waals surface area contributed by atoms with Gasteiger partial charge >= 0.3 is 5.97 Å². The molecule has 10 heteroatoms. The number of esters is 1. The van der Waals surface area contributed by atoms with Crippen LogP contribution in [0.3, 0.4) is 0 Å². The summed E-state index contributed by atoms with van der Waals surface area (Å²) in [6.07, 6.45) is 7.89. The first-order chi connectivity index (χ1) is 25.1. The van der Waals surface area contributed by atoms with Crippen molar-refractivity contribution < 1.29 is 38.4 Å². The van der Waals surface area contributed by atoms with E-state index in [2.05, 4.69) is 30.6 Å². The van der Waals surface area contributed by atoms with Gasteiger partial charge in [0.2, 0.25) is 0 Å². The third kappa shape index (κ3) is 6.68. The number of Topliss-reactive ketones (excluding diaryl/α,β-unsaturated/α-hetero) is 1. The van der Waals surface area contributed by atoms with E-state index in [0.29, 0.717) is 23.7 Å². The Bertz CT molecular complexity index is 1350. The van der Waals surface area contributed by atoms with Gasteiger partial charge in [0.05, 0.1) is 31.0 Å². The summed E-state index contributed by atoms with van der Waals surface area (Å²) in [6, 6.07) is 0. The maximum Gasteiger partial charge on any atom is 0.303 e. The molecule has 3 saturated heterocycles. The van der Waals surface area contributed by atoms with Crippen LogP contribution >= 0.6 is 0 Å². The van der Waals surface area contributed by atoms with Gasteiger partial charge in [0.1, 0.15) is 6.10 Å². The van der Waals surface area contributed by atoms with Crippen molar-refractivity contribution in [2.45, 2.75) is 149 Å². The van der Waals surface area contributed by atoms with Crippen LogP contribution < -0.4 is 0 Å². The molecule has 3 heterocycles. The predicted molar refractivity (Wildman–Crippen MR) is 202 cm³/mol. The van der Waals surface area contributed by atoms with E-state index in [1.807, 2.05) is 13.8 Å². The lowest BCUT2D eigenvalue weighted by Gasteiger charge is -2.59. The molecule has 12 atom stereocenters. The number of rotatable bonds is 10. The molecule has 5 aliphatic carbocycles. The van der Waals surface area contributed by atoms with Crippen LogP contribution in [0, 0.1) is 51.2 Å². The van der Waals surface area contributed by atoms with E-state index in [1.54, 1.807) is 21.0 Å². The molecule has 12 unspecified atom stereocenters. The van der Waals surface area contributed by atoms with Gasteiger partial charge in [-0.3, -0.25) is 14.5 Å². The summed E-state index contributed by atoms with van der Waals surface area (Å²) in [5, 5.41) is 10.9. The second-order valence-electron chi connectivity index (χ2n) is 19.7. The van der Waals surface area contributed by atoms with Crippen molar-refractivity contribution >= 4 is 11.8 Å². The van der Waals surface area contributed by atoms with Gasteiger partial charge < -0.3 is 33.7 Å². The first kappa shape index (κ1) is 40.1. The molecule has 2 spiro atoms. The predicted octanol–water partition coefficient (Wildman–Crippen LogP) is 5.72. The van der Waals surface area contributed by atoms with E-state index >= 15 is 0 Å². The van der Waals surface area contributed by atoms with Gasteiger partial charge in [0, 0.05) is 59.2 Å². The van der Waals surface area contributed by atoms with Gasteiger partial charge in [-0.15, -0.1) is 0 Å². The highest BCUT2D eigenvalue weighted by atomic mass is 16.7. The summed E-state index contributed by atoms with van der Waals surface area (Å²) in [4.78, 5) is 31.7. The number of ether oxygens (including phenoxy) is 5. The highest BCUT2D eigenvalue weighted by Crippen LogP contribution is 2.87. The standard InChI is InChI=1S/C41H66N2O8.C2H6/c1-25(44)49-36(38(4,5)46)29-10-8-28-35(50-29)34(45)33-27-9-11-30-37(2,3)31(12-13-41(30)24-40(27,41)15-14-39(28,33)6)51-32-23-43(17-19-48-32)22-26-20-42(21-26)16-18-47-7;1-2/h26-33,35-36,46H,8-24H2,1-7H3;1-2H3. The molecule has 0 aromatic carbocycles. The SMILES string of the molecule is CC.COCCN1CC(CN2CCOC(OC3CCC45CC46CCC4(C)C7CCC(C(OC(C)=O)C(C)(C)O)OC7C(=O)C4C6CCC5C3(C)C)C2)C1. The van der Waals surface area contributed by atoms with Crippen molar-refractivity contribution in [2.24, 2.45) is 51.2 Å². The average Bonchev–Trinajstić information content (AvgIpc) is 3.71. The zero-order valence-corrected chi connectivity index (χ0v) is 34.5. The van der Waals surface area contributed by atoms with Crippen molar-refractivity contribution in [3.8, 4) is 0 Å². The molecule has 1 N–H and O–H groups in total. The molecule has 53 heavy (non-hydrogen) atoms. The van der Waals surface area contributed by atoms with Crippen molar-refractivity contribution in [1.29, 1.82) is 0 Å². The molecular formula is C43H72N2O8. The van der Waals surface area contributed by atoms with Gasteiger partial charge in [-0.1, -0.05) is 34.6 Å². The van der Waals surface area contributed by atoms with Crippen molar-refractivity contribution in [1.82, 2.24) is 9.80 Å². The Labute approximate surface area is 319 Å². The van der Waals surface area contributed by atoms with Crippen LogP contribution in [0.15, 0.2) is 0 Å². The molecule has 0 aromatic heterocycles. The monoisotopic (exact) mass is 745 g/mol. The molecule has 0 bridgehead atoms. The molecule has 8 rings (SSSR count). The second-order valence-corrected chi connectivity index (χ2v) is 19.7. The van der Waals surface area contributed by atoms with Crippen LogP contribution in [0.5, 0.6) is 0 Å². The Morgan fingerprint density at radius 3 is 2.42 bits per heavy atom. The number of nitrogens with zero attached hydrogens (tertiary/aromatic N) is 2. The molecule has 302 valence electrons.